The van der Waals surface area contributed by atoms with Gasteiger partial charge in [0, 0.05) is 6.54 Å². The van der Waals surface area contributed by atoms with Crippen LogP contribution in [0.1, 0.15) is 22.3 Å². The Labute approximate surface area is 141 Å². The highest BCUT2D eigenvalue weighted by Crippen LogP contribution is 2.13. The number of ether oxygens (including phenoxy) is 2. The molecule has 0 saturated carbocycles. The number of hydrogen-bond acceptors (Lipinski definition) is 4. The van der Waals surface area contributed by atoms with Crippen LogP contribution < -0.4 is 10.1 Å². The molecule has 5 nitrogen and oxygen atoms in total. The van der Waals surface area contributed by atoms with Crippen molar-refractivity contribution in [2.24, 2.45) is 0 Å². The lowest BCUT2D eigenvalue weighted by atomic mass is 10.1. The van der Waals surface area contributed by atoms with E-state index in [1.165, 1.54) is 12.7 Å². The number of hydrogen-bond donors (Lipinski definition) is 1. The Morgan fingerprint density at radius 3 is 2.58 bits per heavy atom. The maximum absolute atomic E-state index is 11.8. The molecule has 1 N–H and O–H groups in total. The van der Waals surface area contributed by atoms with Crippen LogP contribution in [0.5, 0.6) is 5.75 Å². The highest BCUT2D eigenvalue weighted by Gasteiger charge is 2.07. The second-order valence-corrected chi connectivity index (χ2v) is 5.25. The molecule has 0 heterocycles. The van der Waals surface area contributed by atoms with Gasteiger partial charge in [-0.05, 0) is 36.6 Å². The van der Waals surface area contributed by atoms with E-state index in [0.717, 1.165) is 12.8 Å². The zero-order chi connectivity index (χ0) is 17.2. The molecule has 2 rings (SSSR count). The minimum absolute atomic E-state index is 0.0873. The molecule has 0 bridgehead atoms. The number of rotatable bonds is 8. The predicted molar refractivity (Wildman–Crippen MR) is 91.0 cm³/mol. The van der Waals surface area contributed by atoms with Gasteiger partial charge in [-0.3, -0.25) is 4.79 Å². The van der Waals surface area contributed by atoms with Gasteiger partial charge in [0.2, 0.25) is 0 Å². The Kier molecular flexibility index (Phi) is 6.83. The lowest BCUT2D eigenvalue weighted by Crippen LogP contribution is -2.29. The highest BCUT2D eigenvalue weighted by atomic mass is 16.5. The van der Waals surface area contributed by atoms with Gasteiger partial charge in [0.1, 0.15) is 5.75 Å². The number of nitrogens with one attached hydrogen (secondary N) is 1. The Hall–Kier alpha value is -2.82. The van der Waals surface area contributed by atoms with Crippen molar-refractivity contribution < 1.29 is 19.1 Å². The molecular formula is C19H21NO4. The Balaban J connectivity index is 1.68. The second-order valence-electron chi connectivity index (χ2n) is 5.25. The third-order valence-electron chi connectivity index (χ3n) is 3.43. The first kappa shape index (κ1) is 17.5. The molecule has 0 aromatic heterocycles. The summed E-state index contributed by atoms with van der Waals surface area (Å²) in [6, 6.07) is 16.7. The minimum Gasteiger partial charge on any atom is -0.484 e. The van der Waals surface area contributed by atoms with E-state index in [2.05, 4.69) is 22.2 Å². The average Bonchev–Trinajstić information content (AvgIpc) is 2.64. The average molecular weight is 327 g/mol. The van der Waals surface area contributed by atoms with Gasteiger partial charge in [-0.2, -0.15) is 0 Å². The fourth-order valence-electron chi connectivity index (χ4n) is 2.20. The summed E-state index contributed by atoms with van der Waals surface area (Å²) in [6.45, 7) is 0.509. The molecule has 5 heteroatoms. The molecule has 2 aromatic carbocycles. The fraction of sp³-hybridized carbons (Fsp3) is 0.263. The quantitative estimate of drug-likeness (QED) is 0.598. The van der Waals surface area contributed by atoms with E-state index in [4.69, 9.17) is 4.74 Å². The van der Waals surface area contributed by atoms with Crippen LogP contribution in [0.15, 0.2) is 54.6 Å². The molecule has 126 valence electrons. The Morgan fingerprint density at radius 1 is 1.04 bits per heavy atom. The van der Waals surface area contributed by atoms with Gasteiger partial charge >= 0.3 is 5.97 Å². The number of carbonyl (C=O) groups is 2. The highest BCUT2D eigenvalue weighted by molar-refractivity contribution is 5.89. The van der Waals surface area contributed by atoms with Crippen LogP contribution in [0.25, 0.3) is 0 Å². The summed E-state index contributed by atoms with van der Waals surface area (Å²) in [5.74, 6) is -0.172. The standard InChI is InChI=1S/C19H21NO4/c1-23-19(22)16-10-5-11-17(13-16)24-14-18(21)20-12-6-9-15-7-3-2-4-8-15/h2-5,7-8,10-11,13H,6,9,12,14H2,1H3,(H,20,21). The number of benzene rings is 2. The largest absolute Gasteiger partial charge is 0.484 e. The van der Waals surface area contributed by atoms with Gasteiger partial charge < -0.3 is 14.8 Å². The maximum Gasteiger partial charge on any atom is 0.337 e. The van der Waals surface area contributed by atoms with E-state index in [9.17, 15) is 9.59 Å². The van der Waals surface area contributed by atoms with Crippen LogP contribution in [-0.2, 0) is 16.0 Å². The lowest BCUT2D eigenvalue weighted by Gasteiger charge is -2.08. The van der Waals surface area contributed by atoms with Gasteiger partial charge in [0.05, 0.1) is 12.7 Å². The van der Waals surface area contributed by atoms with Crippen LogP contribution in [0, 0.1) is 0 Å². The first-order valence-electron chi connectivity index (χ1n) is 7.81. The van der Waals surface area contributed by atoms with Crippen LogP contribution in [0.4, 0.5) is 0 Å². The third kappa shape index (κ3) is 5.76. The van der Waals surface area contributed by atoms with E-state index < -0.39 is 5.97 Å². The number of aryl methyl sites for hydroxylation is 1. The topological polar surface area (TPSA) is 64.6 Å². The normalized spacial score (nSPS) is 10.0. The van der Waals surface area contributed by atoms with Gasteiger partial charge in [0.15, 0.2) is 6.61 Å². The minimum atomic E-state index is -0.439. The molecule has 0 aliphatic heterocycles. The molecule has 2 aromatic rings. The molecular weight excluding hydrogens is 306 g/mol. The zero-order valence-corrected chi connectivity index (χ0v) is 13.7. The van der Waals surface area contributed by atoms with Crippen LogP contribution in [-0.4, -0.2) is 32.1 Å². The summed E-state index contributed by atoms with van der Waals surface area (Å²) in [6.07, 6.45) is 1.79. The molecule has 0 aliphatic rings. The molecule has 0 fully saturated rings. The van der Waals surface area contributed by atoms with E-state index >= 15 is 0 Å². The summed E-state index contributed by atoms with van der Waals surface area (Å²) in [5, 5.41) is 2.82. The fourth-order valence-corrected chi connectivity index (χ4v) is 2.20. The lowest BCUT2D eigenvalue weighted by molar-refractivity contribution is -0.123. The van der Waals surface area contributed by atoms with Crippen LogP contribution in [0.2, 0.25) is 0 Å². The molecule has 0 aliphatic carbocycles. The van der Waals surface area contributed by atoms with Crippen molar-refractivity contribution in [3.8, 4) is 5.75 Å². The number of esters is 1. The first-order valence-corrected chi connectivity index (χ1v) is 7.81. The summed E-state index contributed by atoms with van der Waals surface area (Å²) < 4.78 is 10.0. The van der Waals surface area contributed by atoms with E-state index in [-0.39, 0.29) is 12.5 Å². The van der Waals surface area contributed by atoms with Crippen molar-refractivity contribution in [1.29, 1.82) is 0 Å². The van der Waals surface area contributed by atoms with Crippen LogP contribution >= 0.6 is 0 Å². The molecule has 0 saturated heterocycles. The van der Waals surface area contributed by atoms with Gasteiger partial charge in [-0.25, -0.2) is 4.79 Å². The molecule has 0 atom stereocenters. The van der Waals surface area contributed by atoms with Crippen molar-refractivity contribution >= 4 is 11.9 Å². The third-order valence-corrected chi connectivity index (χ3v) is 3.43. The monoisotopic (exact) mass is 327 g/mol. The van der Waals surface area contributed by atoms with E-state index in [1.54, 1.807) is 24.3 Å². The molecule has 24 heavy (non-hydrogen) atoms. The van der Waals surface area contributed by atoms with Crippen molar-refractivity contribution in [3.05, 3.63) is 65.7 Å². The molecule has 1 amide bonds. The molecule has 0 spiro atoms. The smallest absolute Gasteiger partial charge is 0.337 e. The summed E-state index contributed by atoms with van der Waals surface area (Å²) in [4.78, 5) is 23.2. The Bertz CT molecular complexity index is 670. The zero-order valence-electron chi connectivity index (χ0n) is 13.7. The van der Waals surface area contributed by atoms with Gasteiger partial charge in [-0.15, -0.1) is 0 Å². The number of methoxy groups -OCH3 is 1. The molecule has 0 radical (unpaired) electrons. The number of amides is 1. The first-order chi connectivity index (χ1) is 11.7. The van der Waals surface area contributed by atoms with Crippen LogP contribution in [0.3, 0.4) is 0 Å². The van der Waals surface area contributed by atoms with Gasteiger partial charge in [0.25, 0.3) is 5.91 Å². The van der Waals surface area contributed by atoms with Crippen molar-refractivity contribution in [2.45, 2.75) is 12.8 Å². The predicted octanol–water partition coefficient (Wildman–Crippen LogP) is 2.60. The van der Waals surface area contributed by atoms with E-state index in [0.29, 0.717) is 17.9 Å². The van der Waals surface area contributed by atoms with Crippen molar-refractivity contribution in [3.63, 3.8) is 0 Å². The number of carbonyl (C=O) groups excluding carboxylic acids is 2. The maximum atomic E-state index is 11.8. The molecule has 0 unspecified atom stereocenters. The summed E-state index contributed by atoms with van der Waals surface area (Å²) in [7, 11) is 1.32. The SMILES string of the molecule is COC(=O)c1cccc(OCC(=O)NCCCc2ccccc2)c1. The van der Waals surface area contributed by atoms with E-state index in [1.807, 2.05) is 18.2 Å². The van der Waals surface area contributed by atoms with Crippen molar-refractivity contribution in [2.75, 3.05) is 20.3 Å². The second kappa shape index (κ2) is 9.35. The van der Waals surface area contributed by atoms with Crippen molar-refractivity contribution in [1.82, 2.24) is 5.32 Å². The summed E-state index contributed by atoms with van der Waals surface area (Å²) >= 11 is 0. The Morgan fingerprint density at radius 2 is 1.83 bits per heavy atom. The van der Waals surface area contributed by atoms with Gasteiger partial charge in [-0.1, -0.05) is 36.4 Å². The summed E-state index contributed by atoms with van der Waals surface area (Å²) in [5.41, 5.74) is 1.64.